The summed E-state index contributed by atoms with van der Waals surface area (Å²) in [6, 6.07) is 44.0. The van der Waals surface area contributed by atoms with Crippen LogP contribution < -0.4 is 41.3 Å². The van der Waals surface area contributed by atoms with Crippen molar-refractivity contribution in [3.05, 3.63) is 200 Å². The molecule has 1 spiro atoms. The molecule has 13 rings (SSSR count). The number of allylic oxidation sites excluding steroid dienone is 1. The summed E-state index contributed by atoms with van der Waals surface area (Å²) in [6.45, 7) is 4.30. The number of aliphatic hydroxyl groups is 2. The van der Waals surface area contributed by atoms with E-state index in [2.05, 4.69) is 107 Å². The molecule has 14 heteroatoms. The van der Waals surface area contributed by atoms with Crippen molar-refractivity contribution in [1.82, 2.24) is 10.3 Å². The molecule has 2 fully saturated rings. The van der Waals surface area contributed by atoms with Crippen molar-refractivity contribution in [2.75, 3.05) is 51.5 Å². The van der Waals surface area contributed by atoms with Gasteiger partial charge in [0, 0.05) is 72.4 Å². The Kier molecular flexibility index (Phi) is 15.7. The highest BCUT2D eigenvalue weighted by atomic mass is 16.5. The van der Waals surface area contributed by atoms with Gasteiger partial charge in [0.1, 0.15) is 28.3 Å². The zero-order chi connectivity index (χ0) is 57.2. The van der Waals surface area contributed by atoms with E-state index in [9.17, 15) is 20.1 Å². The predicted molar refractivity (Wildman–Crippen MR) is 329 cm³/mol. The number of ether oxygens (including phenoxy) is 3. The van der Waals surface area contributed by atoms with E-state index in [0.717, 1.165) is 83.8 Å². The van der Waals surface area contributed by atoms with Crippen molar-refractivity contribution in [3.63, 3.8) is 0 Å². The Balaban J connectivity index is 1.02. The van der Waals surface area contributed by atoms with Gasteiger partial charge in [0.2, 0.25) is 5.75 Å². The highest BCUT2D eigenvalue weighted by Gasteiger charge is 2.54. The Morgan fingerprint density at radius 1 is 0.928 bits per heavy atom. The first-order valence-corrected chi connectivity index (χ1v) is 29.1. The molecule has 5 aliphatic rings. The zero-order valence-electron chi connectivity index (χ0n) is 47.0. The number of rotatable bonds is 11. The van der Waals surface area contributed by atoms with Crippen molar-refractivity contribution in [2.24, 2.45) is 28.3 Å². The summed E-state index contributed by atoms with van der Waals surface area (Å²) in [4.78, 5) is 26.3. The molecule has 0 amide bonds. The number of piperazine rings is 1. The lowest BCUT2D eigenvalue weighted by molar-refractivity contribution is 0.157. The largest absolute Gasteiger partial charge is 0.508 e. The van der Waals surface area contributed by atoms with Crippen LogP contribution in [0.25, 0.3) is 45.6 Å². The average molecular weight is 1110 g/mol. The number of methoxy groups -OCH3 is 1. The van der Waals surface area contributed by atoms with Gasteiger partial charge in [-0.2, -0.15) is 0 Å². The number of phenolic OH excluding ortho intramolecular Hbond substituents is 1. The third-order valence-corrected chi connectivity index (χ3v) is 17.5. The second-order valence-corrected chi connectivity index (χ2v) is 22.7. The number of aromatic hydroxyl groups is 1. The summed E-state index contributed by atoms with van der Waals surface area (Å²) in [5.41, 5.74) is 23.9. The minimum atomic E-state index is -0.871. The number of nitrogens with two attached hydrogens (primary N) is 2. The van der Waals surface area contributed by atoms with Crippen LogP contribution in [0.3, 0.4) is 0 Å². The SMILES string of the molecule is CCc1cc2c([nH]1)N1CCNCC1C1(CC3C=Cc4ccccc4C3C1)c1ccc(c(N=C(N)N)c1)CC(CO)COc1c(OC)c(OCCC(O)C=Cc3ccccc3)c3c(=O)cc(-c4ccc(O)cc4)oc3c1CCc1cccc-2c1. The molecular formula is C69H72N6O8. The third kappa shape index (κ3) is 11.0. The monoisotopic (exact) mass is 1110 g/mol. The molecule has 6 unspecified atom stereocenters. The quantitative estimate of drug-likeness (QED) is 0.0476. The van der Waals surface area contributed by atoms with E-state index < -0.39 is 12.0 Å². The van der Waals surface area contributed by atoms with Crippen LogP contribution in [-0.4, -0.2) is 85.0 Å². The highest BCUT2D eigenvalue weighted by Crippen LogP contribution is 2.58. The Hall–Kier alpha value is -8.56. The van der Waals surface area contributed by atoms with Crippen molar-refractivity contribution < 1.29 is 33.9 Å². The second-order valence-electron chi connectivity index (χ2n) is 22.7. The van der Waals surface area contributed by atoms with Gasteiger partial charge in [-0.05, 0) is 126 Å². The fraction of sp³-hybridized carbons (Fsp3) is 0.304. The lowest BCUT2D eigenvalue weighted by atomic mass is 9.69. The first-order valence-electron chi connectivity index (χ1n) is 29.1. The fourth-order valence-corrected chi connectivity index (χ4v) is 13.4. The maximum Gasteiger partial charge on any atom is 0.204 e. The van der Waals surface area contributed by atoms with Crippen molar-refractivity contribution >= 4 is 40.6 Å². The number of aliphatic hydroxyl groups excluding tert-OH is 2. The number of hydrogen-bond acceptors (Lipinski definition) is 11. The van der Waals surface area contributed by atoms with E-state index in [1.165, 1.54) is 24.3 Å². The second kappa shape index (κ2) is 23.7. The Morgan fingerprint density at radius 2 is 1.76 bits per heavy atom. The Bertz CT molecular complexity index is 3810. The summed E-state index contributed by atoms with van der Waals surface area (Å²) in [5.74, 6) is 2.04. The number of aromatic nitrogens is 1. The molecule has 1 saturated heterocycles. The highest BCUT2D eigenvalue weighted by molar-refractivity contribution is 5.93. The number of hydrogen-bond donors (Lipinski definition) is 7. The molecule has 9 N–H and O–H groups in total. The molecule has 4 bridgehead atoms. The number of benzene rings is 6. The molecule has 8 aromatic rings. The first-order chi connectivity index (χ1) is 40.5. The Labute approximate surface area is 483 Å². The van der Waals surface area contributed by atoms with Crippen molar-refractivity contribution in [2.45, 2.75) is 75.3 Å². The van der Waals surface area contributed by atoms with Gasteiger partial charge in [0.25, 0.3) is 0 Å². The third-order valence-electron chi connectivity index (χ3n) is 17.5. The summed E-state index contributed by atoms with van der Waals surface area (Å²) in [6.07, 6.45) is 11.4. The number of aryl methyl sites for hydroxylation is 3. The molecule has 426 valence electrons. The number of aromatic amines is 1. The Morgan fingerprint density at radius 3 is 2.57 bits per heavy atom. The number of nitrogens with one attached hydrogen (secondary N) is 2. The zero-order valence-corrected chi connectivity index (χ0v) is 47.0. The topological polar surface area (TPSA) is 214 Å². The van der Waals surface area contributed by atoms with Crippen LogP contribution in [0.5, 0.6) is 23.0 Å². The van der Waals surface area contributed by atoms with Gasteiger partial charge in [-0.15, -0.1) is 0 Å². The predicted octanol–water partition coefficient (Wildman–Crippen LogP) is 10.7. The lowest BCUT2D eigenvalue weighted by Crippen LogP contribution is -2.60. The summed E-state index contributed by atoms with van der Waals surface area (Å²) < 4.78 is 26.8. The van der Waals surface area contributed by atoms with Crippen LogP contribution >= 0.6 is 0 Å². The molecule has 1 saturated carbocycles. The van der Waals surface area contributed by atoms with E-state index in [1.54, 1.807) is 30.3 Å². The number of nitrogens with zero attached hydrogens (tertiary/aromatic N) is 2. The number of guanidine groups is 1. The van der Waals surface area contributed by atoms with Gasteiger partial charge in [-0.3, -0.25) is 4.79 Å². The van der Waals surface area contributed by atoms with Crippen molar-refractivity contribution in [1.29, 1.82) is 0 Å². The van der Waals surface area contributed by atoms with Crippen LogP contribution in [-0.2, 0) is 31.1 Å². The van der Waals surface area contributed by atoms with E-state index in [1.807, 2.05) is 36.4 Å². The van der Waals surface area contributed by atoms with Gasteiger partial charge in [-0.25, -0.2) is 4.99 Å². The smallest absolute Gasteiger partial charge is 0.204 e. The minimum Gasteiger partial charge on any atom is -0.508 e. The summed E-state index contributed by atoms with van der Waals surface area (Å²) in [7, 11) is 1.51. The molecule has 2 aliphatic carbocycles. The van der Waals surface area contributed by atoms with E-state index in [0.29, 0.717) is 53.7 Å². The van der Waals surface area contributed by atoms with Crippen LogP contribution in [0.15, 0.2) is 160 Å². The van der Waals surface area contributed by atoms with Crippen LogP contribution in [0.1, 0.15) is 76.7 Å². The first kappa shape index (κ1) is 55.0. The molecular weight excluding hydrogens is 1040 g/mol. The fourth-order valence-electron chi connectivity index (χ4n) is 13.4. The van der Waals surface area contributed by atoms with Gasteiger partial charge >= 0.3 is 0 Å². The minimum absolute atomic E-state index is 0.00147. The van der Waals surface area contributed by atoms with E-state index in [-0.39, 0.29) is 83.1 Å². The normalized spacial score (nSPS) is 20.7. The maximum absolute atomic E-state index is 14.8. The van der Waals surface area contributed by atoms with Crippen LogP contribution in [0.2, 0.25) is 0 Å². The number of phenols is 1. The molecule has 5 heterocycles. The molecule has 83 heavy (non-hydrogen) atoms. The number of fused-ring (bicyclic) bond motifs is 10. The van der Waals surface area contributed by atoms with Crippen LogP contribution in [0, 0.1) is 11.8 Å². The van der Waals surface area contributed by atoms with E-state index in [4.69, 9.17) is 35.1 Å². The van der Waals surface area contributed by atoms with Crippen LogP contribution in [0.4, 0.5) is 11.5 Å². The average Bonchev–Trinajstić information content (AvgIpc) is 3.87. The molecule has 2 aromatic heterocycles. The molecule has 14 nitrogen and oxygen atoms in total. The molecule has 6 aromatic carbocycles. The summed E-state index contributed by atoms with van der Waals surface area (Å²) >= 11 is 0. The molecule has 6 atom stereocenters. The summed E-state index contributed by atoms with van der Waals surface area (Å²) in [5, 5.41) is 36.8. The number of aliphatic imine (C=N–C) groups is 1. The van der Waals surface area contributed by atoms with Gasteiger partial charge < -0.3 is 60.6 Å². The van der Waals surface area contributed by atoms with Gasteiger partial charge in [-0.1, -0.05) is 122 Å². The number of H-pyrrole nitrogens is 1. The van der Waals surface area contributed by atoms with Gasteiger partial charge in [0.15, 0.2) is 22.9 Å². The molecule has 3 aliphatic heterocycles. The standard InChI is InChI=1S/C69H72N6O8/c1-3-51-35-56-47-14-9-12-43(32-47)17-27-55-63-62(59(79)36-60(83-63)46-21-25-52(77)26-22-46)65(81-31-28-53(78)24-16-42-10-5-4-6-11-42)66(80-2)64(55)82-41-44(40-76)33-48-20-23-50(34-58(48)74-68(70)71)69(61-39-72-29-30-75(61)67(56)73-51)37-49-19-18-45-13-7-8-15-54(45)57(49)38-69/h4-16,18-26,32,34-36,44,49,53,57,61,72-73,76-78H,3,17,27-31,33,37-41H2,1-2H3,(H4,70,71,74). The lowest BCUT2D eigenvalue weighted by Gasteiger charge is -2.49. The molecule has 0 radical (unpaired) electrons. The van der Waals surface area contributed by atoms with E-state index >= 15 is 0 Å². The van der Waals surface area contributed by atoms with Crippen molar-refractivity contribution in [3.8, 4) is 45.4 Å². The number of anilines is 1. The maximum atomic E-state index is 14.8. The van der Waals surface area contributed by atoms with Gasteiger partial charge in [0.05, 0.1) is 38.2 Å².